The van der Waals surface area contributed by atoms with Crippen LogP contribution in [0.5, 0.6) is 11.5 Å². The molecule has 0 saturated heterocycles. The molecule has 0 heterocycles. The van der Waals surface area contributed by atoms with Gasteiger partial charge in [0.2, 0.25) is 0 Å². The number of ether oxygens (including phenoxy) is 2. The van der Waals surface area contributed by atoms with Crippen LogP contribution in [0.1, 0.15) is 64.0 Å². The summed E-state index contributed by atoms with van der Waals surface area (Å²) in [6, 6.07) is 15.3. The smallest absolute Gasteiger partial charge is 0.279 e. The maximum Gasteiger partial charge on any atom is 0.279 e. The van der Waals surface area contributed by atoms with Crippen molar-refractivity contribution in [1.29, 1.82) is 0 Å². The van der Waals surface area contributed by atoms with Crippen LogP contribution in [0.25, 0.3) is 0 Å². The molecule has 0 spiro atoms. The Morgan fingerprint density at radius 3 is 2.23 bits per heavy atom. The first-order valence-electron chi connectivity index (χ1n) is 10.4. The Labute approximate surface area is 178 Å². The molecular weight excluding hydrogens is 380 g/mol. The second-order valence-electron chi connectivity index (χ2n) is 7.66. The minimum absolute atomic E-state index is 0.195. The summed E-state index contributed by atoms with van der Waals surface area (Å²) in [5.74, 6) is 1.13. The first-order valence-corrected chi connectivity index (χ1v) is 10.4. The van der Waals surface area contributed by atoms with Gasteiger partial charge in [0.25, 0.3) is 11.8 Å². The Morgan fingerprint density at radius 1 is 0.933 bits per heavy atom. The first-order chi connectivity index (χ1) is 14.3. The molecule has 2 rings (SSSR count). The molecule has 30 heavy (non-hydrogen) atoms. The molecule has 0 radical (unpaired) electrons. The molecule has 0 aromatic heterocycles. The van der Waals surface area contributed by atoms with E-state index >= 15 is 0 Å². The first kappa shape index (κ1) is 23.3. The van der Waals surface area contributed by atoms with Gasteiger partial charge in [-0.05, 0) is 54.5 Å². The summed E-state index contributed by atoms with van der Waals surface area (Å²) in [7, 11) is 0. The summed E-state index contributed by atoms with van der Waals surface area (Å²) >= 11 is 0. The molecule has 0 aliphatic carbocycles. The van der Waals surface area contributed by atoms with Gasteiger partial charge in [-0.15, -0.1) is 0 Å². The number of hydrogen-bond donors (Lipinski definition) is 2. The van der Waals surface area contributed by atoms with E-state index in [1.807, 2.05) is 48.5 Å². The van der Waals surface area contributed by atoms with E-state index in [9.17, 15) is 9.59 Å². The molecule has 0 fully saturated rings. The fraction of sp³-hybridized carbons (Fsp3) is 0.417. The minimum Gasteiger partial charge on any atom is -0.483 e. The third-order valence-electron chi connectivity index (χ3n) is 4.98. The lowest BCUT2D eigenvalue weighted by Gasteiger charge is -2.17. The molecule has 2 aromatic carbocycles. The molecule has 162 valence electrons. The van der Waals surface area contributed by atoms with Gasteiger partial charge in [-0.25, -0.2) is 0 Å². The predicted octanol–water partition coefficient (Wildman–Crippen LogP) is 4.32. The van der Waals surface area contributed by atoms with Crippen LogP contribution < -0.4 is 20.3 Å². The zero-order chi connectivity index (χ0) is 22.1. The number of amides is 2. The minimum atomic E-state index is -0.762. The number of para-hydroxylation sites is 1. The second-order valence-corrected chi connectivity index (χ2v) is 7.66. The molecule has 2 aromatic rings. The van der Waals surface area contributed by atoms with E-state index in [-0.39, 0.29) is 6.61 Å². The van der Waals surface area contributed by atoms with E-state index in [1.54, 1.807) is 6.92 Å². The summed E-state index contributed by atoms with van der Waals surface area (Å²) < 4.78 is 11.3. The van der Waals surface area contributed by atoms with Gasteiger partial charge in [0.15, 0.2) is 12.7 Å². The van der Waals surface area contributed by atoms with Crippen LogP contribution in [0.2, 0.25) is 0 Å². The molecule has 6 heteroatoms. The molecule has 0 unspecified atom stereocenters. The van der Waals surface area contributed by atoms with E-state index in [2.05, 4.69) is 38.5 Å². The standard InChI is InChI=1S/C24H32N2O4/c1-6-17(4)21-9-7-8-10-22(21)29-15-23(27)25-26-24(28)18(5)30-20-13-11-19(12-14-20)16(2)3/h7-14,16-18H,6,15H2,1-5H3,(H,25,27)(H,26,28)/t17-,18+/m1/s1. The molecule has 0 saturated carbocycles. The maximum absolute atomic E-state index is 12.2. The monoisotopic (exact) mass is 412 g/mol. The van der Waals surface area contributed by atoms with Gasteiger partial charge >= 0.3 is 0 Å². The largest absolute Gasteiger partial charge is 0.483 e. The van der Waals surface area contributed by atoms with Gasteiger partial charge in [-0.3, -0.25) is 20.4 Å². The van der Waals surface area contributed by atoms with Crippen LogP contribution in [-0.4, -0.2) is 24.5 Å². The molecule has 2 atom stereocenters. The SMILES string of the molecule is CC[C@@H](C)c1ccccc1OCC(=O)NNC(=O)[C@H](C)Oc1ccc(C(C)C)cc1. The van der Waals surface area contributed by atoms with Crippen molar-refractivity contribution in [2.75, 3.05) is 6.61 Å². The van der Waals surface area contributed by atoms with Crippen LogP contribution >= 0.6 is 0 Å². The molecule has 2 N–H and O–H groups in total. The molecule has 0 bridgehead atoms. The van der Waals surface area contributed by atoms with Gasteiger partial charge in [-0.2, -0.15) is 0 Å². The van der Waals surface area contributed by atoms with Gasteiger partial charge in [0.1, 0.15) is 11.5 Å². The van der Waals surface area contributed by atoms with Crippen LogP contribution in [0.4, 0.5) is 0 Å². The number of nitrogens with one attached hydrogen (secondary N) is 2. The van der Waals surface area contributed by atoms with E-state index in [1.165, 1.54) is 5.56 Å². The van der Waals surface area contributed by atoms with E-state index < -0.39 is 17.9 Å². The number of hydrogen-bond acceptors (Lipinski definition) is 4. The van der Waals surface area contributed by atoms with Gasteiger partial charge in [0.05, 0.1) is 0 Å². The highest BCUT2D eigenvalue weighted by atomic mass is 16.5. The van der Waals surface area contributed by atoms with Gasteiger partial charge in [0, 0.05) is 0 Å². The lowest BCUT2D eigenvalue weighted by atomic mass is 9.98. The van der Waals surface area contributed by atoms with Crippen molar-refractivity contribution in [3.63, 3.8) is 0 Å². The summed E-state index contributed by atoms with van der Waals surface area (Å²) in [6.07, 6.45) is 0.211. The Bertz CT molecular complexity index is 833. The van der Waals surface area contributed by atoms with E-state index in [0.29, 0.717) is 23.3 Å². The molecule has 0 aliphatic rings. The number of carbonyl (C=O) groups is 2. The predicted molar refractivity (Wildman–Crippen MR) is 118 cm³/mol. The quantitative estimate of drug-likeness (QED) is 0.602. The zero-order valence-corrected chi connectivity index (χ0v) is 18.4. The van der Waals surface area contributed by atoms with Crippen molar-refractivity contribution in [3.8, 4) is 11.5 Å². The van der Waals surface area contributed by atoms with Crippen LogP contribution in [0.15, 0.2) is 48.5 Å². The Hall–Kier alpha value is -3.02. The normalized spacial score (nSPS) is 12.7. The van der Waals surface area contributed by atoms with Gasteiger partial charge in [-0.1, -0.05) is 58.0 Å². The lowest BCUT2D eigenvalue weighted by molar-refractivity contribution is -0.133. The van der Waals surface area contributed by atoms with Crippen molar-refractivity contribution in [3.05, 3.63) is 59.7 Å². The zero-order valence-electron chi connectivity index (χ0n) is 18.4. The summed E-state index contributed by atoms with van der Waals surface area (Å²) in [5.41, 5.74) is 6.99. The van der Waals surface area contributed by atoms with Crippen LogP contribution in [0.3, 0.4) is 0 Å². The number of benzene rings is 2. The highest BCUT2D eigenvalue weighted by molar-refractivity contribution is 5.85. The average Bonchev–Trinajstić information content (AvgIpc) is 2.75. The molecular formula is C24H32N2O4. The van der Waals surface area contributed by atoms with E-state index in [4.69, 9.17) is 9.47 Å². The third-order valence-corrected chi connectivity index (χ3v) is 4.98. The van der Waals surface area contributed by atoms with Crippen molar-refractivity contribution >= 4 is 11.8 Å². The highest BCUT2D eigenvalue weighted by Crippen LogP contribution is 2.28. The molecule has 0 aliphatic heterocycles. The Morgan fingerprint density at radius 2 is 1.60 bits per heavy atom. The van der Waals surface area contributed by atoms with E-state index in [0.717, 1.165) is 12.0 Å². The summed E-state index contributed by atoms with van der Waals surface area (Å²) in [6.45, 7) is 9.87. The fourth-order valence-corrected chi connectivity index (χ4v) is 2.84. The Balaban J connectivity index is 1.79. The van der Waals surface area contributed by atoms with Crippen LogP contribution in [0, 0.1) is 0 Å². The maximum atomic E-state index is 12.2. The lowest BCUT2D eigenvalue weighted by Crippen LogP contribution is -2.48. The van der Waals surface area contributed by atoms with Crippen molar-refractivity contribution in [1.82, 2.24) is 10.9 Å². The Kier molecular flexibility index (Phi) is 8.71. The number of hydrazine groups is 1. The summed E-state index contributed by atoms with van der Waals surface area (Å²) in [4.78, 5) is 24.3. The van der Waals surface area contributed by atoms with Crippen LogP contribution in [-0.2, 0) is 9.59 Å². The van der Waals surface area contributed by atoms with Crippen molar-refractivity contribution in [2.45, 2.75) is 59.0 Å². The number of rotatable bonds is 9. The molecule has 6 nitrogen and oxygen atoms in total. The topological polar surface area (TPSA) is 76.7 Å². The fourth-order valence-electron chi connectivity index (χ4n) is 2.84. The number of carbonyl (C=O) groups excluding carboxylic acids is 2. The summed E-state index contributed by atoms with van der Waals surface area (Å²) in [5, 5.41) is 0. The van der Waals surface area contributed by atoms with Gasteiger partial charge < -0.3 is 9.47 Å². The average molecular weight is 413 g/mol. The molecule has 2 amide bonds. The van der Waals surface area contributed by atoms with Crippen molar-refractivity contribution < 1.29 is 19.1 Å². The highest BCUT2D eigenvalue weighted by Gasteiger charge is 2.16. The van der Waals surface area contributed by atoms with Crippen molar-refractivity contribution in [2.24, 2.45) is 0 Å². The second kappa shape index (κ2) is 11.2. The third kappa shape index (κ3) is 6.79.